The number of guanidine groups is 1. The molecular formula is C21H34N4OS. The van der Waals surface area contributed by atoms with Crippen molar-refractivity contribution in [3.8, 4) is 0 Å². The highest BCUT2D eigenvalue weighted by molar-refractivity contribution is 7.10. The number of nitrogens with one attached hydrogen (secondary N) is 2. The minimum Gasteiger partial charge on any atom is -0.357 e. The number of rotatable bonds is 8. The minimum atomic E-state index is 0.219. The van der Waals surface area contributed by atoms with Gasteiger partial charge in [0.25, 0.3) is 0 Å². The van der Waals surface area contributed by atoms with Crippen molar-refractivity contribution in [2.45, 2.75) is 63.7 Å². The number of carbonyl (C=O) groups is 1. The van der Waals surface area contributed by atoms with Gasteiger partial charge in [-0.1, -0.05) is 25.3 Å². The number of hydrogen-bond donors (Lipinski definition) is 2. The van der Waals surface area contributed by atoms with Crippen LogP contribution in [-0.4, -0.2) is 49.5 Å². The molecule has 0 bridgehead atoms. The van der Waals surface area contributed by atoms with Crippen molar-refractivity contribution in [1.82, 2.24) is 15.5 Å². The maximum Gasteiger partial charge on any atom is 0.222 e. The Balaban J connectivity index is 1.54. The maximum atomic E-state index is 11.7. The van der Waals surface area contributed by atoms with Gasteiger partial charge in [-0.15, -0.1) is 11.3 Å². The average Bonchev–Trinajstić information content (AvgIpc) is 3.36. The Morgan fingerprint density at radius 1 is 1.26 bits per heavy atom. The number of nitrogens with zero attached hydrogens (tertiary/aromatic N) is 2. The predicted octanol–water partition coefficient (Wildman–Crippen LogP) is 3.52. The Morgan fingerprint density at radius 2 is 2.11 bits per heavy atom. The quantitative estimate of drug-likeness (QED) is 0.406. The van der Waals surface area contributed by atoms with Crippen LogP contribution in [0, 0.1) is 0 Å². The van der Waals surface area contributed by atoms with Crippen LogP contribution >= 0.6 is 11.3 Å². The molecule has 2 fully saturated rings. The SMILES string of the molecule is CCNC(=NCC1(c2cccs2)CCCCC1)NCCCN1CCCC1=O. The fourth-order valence-corrected chi connectivity index (χ4v) is 5.26. The van der Waals surface area contributed by atoms with Crippen molar-refractivity contribution < 1.29 is 4.79 Å². The van der Waals surface area contributed by atoms with Crippen LogP contribution < -0.4 is 10.6 Å². The van der Waals surface area contributed by atoms with Crippen LogP contribution in [0.4, 0.5) is 0 Å². The van der Waals surface area contributed by atoms with Gasteiger partial charge in [-0.05, 0) is 44.1 Å². The van der Waals surface area contributed by atoms with E-state index in [1.54, 1.807) is 0 Å². The van der Waals surface area contributed by atoms with Crippen molar-refractivity contribution in [3.63, 3.8) is 0 Å². The fraction of sp³-hybridized carbons (Fsp3) is 0.714. The lowest BCUT2D eigenvalue weighted by Gasteiger charge is -2.35. The standard InChI is InChI=1S/C21H34N4OS/c1-2-22-20(23-13-8-15-25-14-6-10-19(25)26)24-17-21(11-4-3-5-12-21)18-9-7-16-27-18/h7,9,16H,2-6,8,10-15,17H2,1H3,(H2,22,23,24). The zero-order valence-corrected chi connectivity index (χ0v) is 17.5. The molecular weight excluding hydrogens is 356 g/mol. The topological polar surface area (TPSA) is 56.7 Å². The smallest absolute Gasteiger partial charge is 0.222 e. The summed E-state index contributed by atoms with van der Waals surface area (Å²) < 4.78 is 0. The van der Waals surface area contributed by atoms with Gasteiger partial charge in [0.2, 0.25) is 5.91 Å². The zero-order valence-electron chi connectivity index (χ0n) is 16.6. The molecule has 1 aliphatic heterocycles. The Labute approximate surface area is 167 Å². The van der Waals surface area contributed by atoms with E-state index < -0.39 is 0 Å². The van der Waals surface area contributed by atoms with E-state index in [9.17, 15) is 4.79 Å². The van der Waals surface area contributed by atoms with Crippen LogP contribution in [0.2, 0.25) is 0 Å². The molecule has 150 valence electrons. The summed E-state index contributed by atoms with van der Waals surface area (Å²) in [6.07, 6.45) is 9.16. The number of thiophene rings is 1. The van der Waals surface area contributed by atoms with Crippen molar-refractivity contribution >= 4 is 23.2 Å². The van der Waals surface area contributed by atoms with Crippen molar-refractivity contribution in [3.05, 3.63) is 22.4 Å². The molecule has 5 nitrogen and oxygen atoms in total. The third-order valence-corrected chi connectivity index (χ3v) is 6.92. The van der Waals surface area contributed by atoms with E-state index in [-0.39, 0.29) is 5.41 Å². The molecule has 2 aliphatic rings. The first-order chi connectivity index (χ1) is 13.2. The molecule has 2 heterocycles. The monoisotopic (exact) mass is 390 g/mol. The van der Waals surface area contributed by atoms with E-state index in [4.69, 9.17) is 4.99 Å². The second kappa shape index (κ2) is 10.1. The summed E-state index contributed by atoms with van der Waals surface area (Å²) in [7, 11) is 0. The molecule has 0 radical (unpaired) electrons. The van der Waals surface area contributed by atoms with Gasteiger partial charge in [-0.3, -0.25) is 9.79 Å². The Morgan fingerprint density at radius 3 is 2.78 bits per heavy atom. The van der Waals surface area contributed by atoms with Gasteiger partial charge in [0, 0.05) is 42.9 Å². The summed E-state index contributed by atoms with van der Waals surface area (Å²) >= 11 is 1.88. The number of carbonyl (C=O) groups excluding carboxylic acids is 1. The molecule has 0 atom stereocenters. The van der Waals surface area contributed by atoms with Gasteiger partial charge in [0.05, 0.1) is 6.54 Å². The van der Waals surface area contributed by atoms with Crippen molar-refractivity contribution in [2.75, 3.05) is 32.7 Å². The van der Waals surface area contributed by atoms with E-state index in [1.807, 2.05) is 16.2 Å². The van der Waals surface area contributed by atoms with E-state index >= 15 is 0 Å². The summed E-state index contributed by atoms with van der Waals surface area (Å²) in [4.78, 5) is 20.2. The molecule has 1 aromatic heterocycles. The molecule has 0 aromatic carbocycles. The molecule has 0 spiro atoms. The third kappa shape index (κ3) is 5.47. The second-order valence-electron chi connectivity index (χ2n) is 7.78. The maximum absolute atomic E-state index is 11.7. The summed E-state index contributed by atoms with van der Waals surface area (Å²) in [5.74, 6) is 1.22. The van der Waals surface area contributed by atoms with Crippen LogP contribution in [0.5, 0.6) is 0 Å². The zero-order chi connectivity index (χ0) is 19.0. The van der Waals surface area contributed by atoms with Crippen LogP contribution in [-0.2, 0) is 10.2 Å². The molecule has 3 rings (SSSR count). The van der Waals surface area contributed by atoms with Gasteiger partial charge in [0.15, 0.2) is 5.96 Å². The van der Waals surface area contributed by atoms with Gasteiger partial charge < -0.3 is 15.5 Å². The van der Waals surface area contributed by atoms with E-state index in [0.29, 0.717) is 5.91 Å². The molecule has 6 heteroatoms. The Bertz CT molecular complexity index is 608. The van der Waals surface area contributed by atoms with Crippen LogP contribution in [0.25, 0.3) is 0 Å². The summed E-state index contributed by atoms with van der Waals surface area (Å²) in [6.45, 7) is 6.45. The molecule has 1 saturated heterocycles. The predicted molar refractivity (Wildman–Crippen MR) is 113 cm³/mol. The molecule has 1 aromatic rings. The van der Waals surface area contributed by atoms with E-state index in [1.165, 1.54) is 37.0 Å². The van der Waals surface area contributed by atoms with Crippen LogP contribution in [0.1, 0.15) is 63.2 Å². The first-order valence-electron chi connectivity index (χ1n) is 10.6. The first-order valence-corrected chi connectivity index (χ1v) is 11.5. The molecule has 1 aliphatic carbocycles. The summed E-state index contributed by atoms with van der Waals surface area (Å²) in [6, 6.07) is 4.46. The lowest BCUT2D eigenvalue weighted by molar-refractivity contribution is -0.127. The van der Waals surface area contributed by atoms with Gasteiger partial charge in [0.1, 0.15) is 0 Å². The van der Waals surface area contributed by atoms with E-state index in [2.05, 4.69) is 35.1 Å². The third-order valence-electron chi connectivity index (χ3n) is 5.81. The minimum absolute atomic E-state index is 0.219. The Hall–Kier alpha value is -1.56. The normalized spacial score (nSPS) is 20.1. The molecule has 0 unspecified atom stereocenters. The van der Waals surface area contributed by atoms with Crippen LogP contribution in [0.3, 0.4) is 0 Å². The largest absolute Gasteiger partial charge is 0.357 e. The number of hydrogen-bond acceptors (Lipinski definition) is 3. The van der Waals surface area contributed by atoms with Gasteiger partial charge in [-0.2, -0.15) is 0 Å². The summed E-state index contributed by atoms with van der Waals surface area (Å²) in [5.41, 5.74) is 0.219. The summed E-state index contributed by atoms with van der Waals surface area (Å²) in [5, 5.41) is 9.04. The highest BCUT2D eigenvalue weighted by atomic mass is 32.1. The average molecular weight is 391 g/mol. The first kappa shape index (κ1) is 20.2. The second-order valence-corrected chi connectivity index (χ2v) is 8.73. The van der Waals surface area contributed by atoms with E-state index in [0.717, 1.165) is 57.9 Å². The van der Waals surface area contributed by atoms with Gasteiger partial charge in [-0.25, -0.2) is 0 Å². The van der Waals surface area contributed by atoms with Crippen molar-refractivity contribution in [1.29, 1.82) is 0 Å². The van der Waals surface area contributed by atoms with Crippen molar-refractivity contribution in [2.24, 2.45) is 4.99 Å². The molecule has 1 amide bonds. The number of likely N-dealkylation sites (tertiary alicyclic amines) is 1. The molecule has 1 saturated carbocycles. The lowest BCUT2D eigenvalue weighted by atomic mass is 9.73. The lowest BCUT2D eigenvalue weighted by Crippen LogP contribution is -2.40. The number of amides is 1. The van der Waals surface area contributed by atoms with Gasteiger partial charge >= 0.3 is 0 Å². The highest BCUT2D eigenvalue weighted by Gasteiger charge is 2.34. The molecule has 27 heavy (non-hydrogen) atoms. The fourth-order valence-electron chi connectivity index (χ4n) is 4.28. The van der Waals surface area contributed by atoms with Crippen LogP contribution in [0.15, 0.2) is 22.5 Å². The Kier molecular flexibility index (Phi) is 7.56. The molecule has 2 N–H and O–H groups in total. The number of aliphatic imine (C=N–C) groups is 1. The highest BCUT2D eigenvalue weighted by Crippen LogP contribution is 2.41.